The van der Waals surface area contributed by atoms with E-state index < -0.39 is 17.8 Å². The first-order chi connectivity index (χ1) is 15.7. The molecule has 1 heterocycles. The highest BCUT2D eigenvalue weighted by molar-refractivity contribution is 6.01. The van der Waals surface area contributed by atoms with Gasteiger partial charge < -0.3 is 16.4 Å². The van der Waals surface area contributed by atoms with Gasteiger partial charge in [0, 0.05) is 18.8 Å². The van der Waals surface area contributed by atoms with E-state index in [0.717, 1.165) is 24.9 Å². The number of piperidine rings is 1. The van der Waals surface area contributed by atoms with Crippen molar-refractivity contribution >= 4 is 23.4 Å². The summed E-state index contributed by atoms with van der Waals surface area (Å²) < 4.78 is 13.9. The maximum atomic E-state index is 13.9. The van der Waals surface area contributed by atoms with Gasteiger partial charge in [0.1, 0.15) is 11.9 Å². The molecule has 176 valence electrons. The SMILES string of the molecule is CC(C)C(NC(=O)c1ccccc1F)C(=O)Nc1ccc(CN2CCCC(C(N)=O)C2)cc1. The number of likely N-dealkylation sites (tertiary alicyclic amines) is 1. The summed E-state index contributed by atoms with van der Waals surface area (Å²) in [7, 11) is 0. The predicted octanol–water partition coefficient (Wildman–Crippen LogP) is 2.92. The maximum Gasteiger partial charge on any atom is 0.254 e. The van der Waals surface area contributed by atoms with E-state index in [1.54, 1.807) is 18.2 Å². The summed E-state index contributed by atoms with van der Waals surface area (Å²) in [6.07, 6.45) is 1.78. The van der Waals surface area contributed by atoms with Gasteiger partial charge in [0.15, 0.2) is 0 Å². The molecule has 33 heavy (non-hydrogen) atoms. The lowest BCUT2D eigenvalue weighted by atomic mass is 9.97. The predicted molar refractivity (Wildman–Crippen MR) is 125 cm³/mol. The molecule has 0 aliphatic carbocycles. The summed E-state index contributed by atoms with van der Waals surface area (Å²) in [5.41, 5.74) is 7.02. The van der Waals surface area contributed by atoms with Crippen LogP contribution in [0.15, 0.2) is 48.5 Å². The summed E-state index contributed by atoms with van der Waals surface area (Å²) in [4.78, 5) is 39.0. The minimum atomic E-state index is -0.823. The smallest absolute Gasteiger partial charge is 0.254 e. The molecule has 1 aliphatic heterocycles. The third kappa shape index (κ3) is 6.61. The first-order valence-electron chi connectivity index (χ1n) is 11.2. The Morgan fingerprint density at radius 2 is 1.82 bits per heavy atom. The molecule has 1 fully saturated rings. The Morgan fingerprint density at radius 3 is 2.45 bits per heavy atom. The van der Waals surface area contributed by atoms with E-state index in [9.17, 15) is 18.8 Å². The minimum absolute atomic E-state index is 0.100. The molecule has 2 atom stereocenters. The zero-order valence-corrected chi connectivity index (χ0v) is 19.0. The molecular formula is C25H31FN4O3. The van der Waals surface area contributed by atoms with E-state index in [0.29, 0.717) is 18.8 Å². The molecule has 2 aromatic rings. The summed E-state index contributed by atoms with van der Waals surface area (Å²) >= 11 is 0. The van der Waals surface area contributed by atoms with Crippen LogP contribution in [0.5, 0.6) is 0 Å². The number of carbonyl (C=O) groups excluding carboxylic acids is 3. The summed E-state index contributed by atoms with van der Waals surface area (Å²) in [6, 6.07) is 12.3. The molecule has 8 heteroatoms. The number of nitrogens with two attached hydrogens (primary N) is 1. The number of nitrogens with zero attached hydrogens (tertiary/aromatic N) is 1. The fraction of sp³-hybridized carbons (Fsp3) is 0.400. The minimum Gasteiger partial charge on any atom is -0.369 e. The Hall–Kier alpha value is -3.26. The molecule has 1 saturated heterocycles. The van der Waals surface area contributed by atoms with Crippen molar-refractivity contribution in [3.63, 3.8) is 0 Å². The number of halogens is 1. The van der Waals surface area contributed by atoms with Crippen LogP contribution in [0.1, 0.15) is 42.6 Å². The van der Waals surface area contributed by atoms with Gasteiger partial charge in [0.25, 0.3) is 5.91 Å². The second-order valence-corrected chi connectivity index (χ2v) is 8.84. The molecule has 0 radical (unpaired) electrons. The topological polar surface area (TPSA) is 105 Å². The number of benzene rings is 2. The van der Waals surface area contributed by atoms with Gasteiger partial charge >= 0.3 is 0 Å². The van der Waals surface area contributed by atoms with Crippen LogP contribution in [0.4, 0.5) is 10.1 Å². The molecule has 0 aromatic heterocycles. The van der Waals surface area contributed by atoms with Gasteiger partial charge in [-0.05, 0) is 55.1 Å². The highest BCUT2D eigenvalue weighted by atomic mass is 19.1. The molecule has 4 N–H and O–H groups in total. The van der Waals surface area contributed by atoms with E-state index in [1.807, 2.05) is 26.0 Å². The Bertz CT molecular complexity index is 993. The number of primary amides is 1. The highest BCUT2D eigenvalue weighted by Crippen LogP contribution is 2.19. The molecule has 2 aromatic carbocycles. The summed E-state index contributed by atoms with van der Waals surface area (Å²) in [6.45, 7) is 5.90. The van der Waals surface area contributed by atoms with Crippen molar-refractivity contribution in [1.29, 1.82) is 0 Å². The van der Waals surface area contributed by atoms with Crippen molar-refractivity contribution < 1.29 is 18.8 Å². The van der Waals surface area contributed by atoms with Crippen LogP contribution in [-0.2, 0) is 16.1 Å². The van der Waals surface area contributed by atoms with Crippen LogP contribution in [-0.4, -0.2) is 41.8 Å². The van der Waals surface area contributed by atoms with E-state index in [2.05, 4.69) is 15.5 Å². The first-order valence-corrected chi connectivity index (χ1v) is 11.2. The number of carbonyl (C=O) groups is 3. The summed E-state index contributed by atoms with van der Waals surface area (Å²) in [5, 5.41) is 5.46. The molecule has 3 amide bonds. The van der Waals surface area contributed by atoms with Gasteiger partial charge in [-0.3, -0.25) is 19.3 Å². The van der Waals surface area contributed by atoms with Gasteiger partial charge in [-0.2, -0.15) is 0 Å². The summed E-state index contributed by atoms with van der Waals surface area (Å²) in [5.74, 6) is -2.19. The zero-order chi connectivity index (χ0) is 24.0. The zero-order valence-electron chi connectivity index (χ0n) is 19.0. The number of nitrogens with one attached hydrogen (secondary N) is 2. The van der Waals surface area contributed by atoms with Crippen molar-refractivity contribution in [2.45, 2.75) is 39.3 Å². The number of amides is 3. The molecule has 0 bridgehead atoms. The van der Waals surface area contributed by atoms with E-state index in [-0.39, 0.29) is 29.2 Å². The van der Waals surface area contributed by atoms with Crippen molar-refractivity contribution in [1.82, 2.24) is 10.2 Å². The van der Waals surface area contributed by atoms with E-state index in [4.69, 9.17) is 5.73 Å². The average Bonchev–Trinajstić information content (AvgIpc) is 2.78. The third-order valence-electron chi connectivity index (χ3n) is 5.89. The Labute approximate surface area is 193 Å². The largest absolute Gasteiger partial charge is 0.369 e. The van der Waals surface area contributed by atoms with Crippen LogP contribution in [0.25, 0.3) is 0 Å². The van der Waals surface area contributed by atoms with Crippen LogP contribution in [0.3, 0.4) is 0 Å². The molecule has 2 unspecified atom stereocenters. The fourth-order valence-electron chi connectivity index (χ4n) is 4.00. The van der Waals surface area contributed by atoms with Crippen molar-refractivity contribution in [2.24, 2.45) is 17.6 Å². The van der Waals surface area contributed by atoms with Crippen molar-refractivity contribution in [3.8, 4) is 0 Å². The molecule has 7 nitrogen and oxygen atoms in total. The molecule has 0 spiro atoms. The molecule has 0 saturated carbocycles. The van der Waals surface area contributed by atoms with Crippen molar-refractivity contribution in [2.75, 3.05) is 18.4 Å². The van der Waals surface area contributed by atoms with Gasteiger partial charge in [-0.15, -0.1) is 0 Å². The van der Waals surface area contributed by atoms with Crippen LogP contribution in [0, 0.1) is 17.7 Å². The maximum absolute atomic E-state index is 13.9. The molecular weight excluding hydrogens is 423 g/mol. The van der Waals surface area contributed by atoms with Gasteiger partial charge in [-0.25, -0.2) is 4.39 Å². The normalized spacial score (nSPS) is 17.4. The monoisotopic (exact) mass is 454 g/mol. The fourth-order valence-corrected chi connectivity index (χ4v) is 4.00. The standard InChI is InChI=1S/C25H31FN4O3/c1-16(2)22(29-24(32)20-7-3-4-8-21(20)26)25(33)28-19-11-9-17(10-12-19)14-30-13-5-6-18(15-30)23(27)31/h3-4,7-12,16,18,22H,5-6,13-15H2,1-2H3,(H2,27,31)(H,28,33)(H,29,32). The quantitative estimate of drug-likeness (QED) is 0.570. The van der Waals surface area contributed by atoms with Gasteiger partial charge in [-0.1, -0.05) is 38.1 Å². The first kappa shape index (κ1) is 24.4. The van der Waals surface area contributed by atoms with Crippen LogP contribution < -0.4 is 16.4 Å². The van der Waals surface area contributed by atoms with Gasteiger partial charge in [0.05, 0.1) is 11.5 Å². The van der Waals surface area contributed by atoms with E-state index in [1.165, 1.54) is 18.2 Å². The van der Waals surface area contributed by atoms with Crippen molar-refractivity contribution in [3.05, 3.63) is 65.5 Å². The Balaban J connectivity index is 1.59. The second-order valence-electron chi connectivity index (χ2n) is 8.84. The lowest BCUT2D eigenvalue weighted by Gasteiger charge is -2.31. The number of rotatable bonds is 8. The Kier molecular flexibility index (Phi) is 8.16. The van der Waals surface area contributed by atoms with Crippen LogP contribution >= 0.6 is 0 Å². The number of anilines is 1. The average molecular weight is 455 g/mol. The highest BCUT2D eigenvalue weighted by Gasteiger charge is 2.26. The third-order valence-corrected chi connectivity index (χ3v) is 5.89. The lowest BCUT2D eigenvalue weighted by molar-refractivity contribution is -0.123. The molecule has 1 aliphatic rings. The van der Waals surface area contributed by atoms with Crippen LogP contribution in [0.2, 0.25) is 0 Å². The lowest BCUT2D eigenvalue weighted by Crippen LogP contribution is -2.47. The molecule has 3 rings (SSSR count). The Morgan fingerprint density at radius 1 is 1.12 bits per heavy atom. The van der Waals surface area contributed by atoms with Gasteiger partial charge in [0.2, 0.25) is 11.8 Å². The number of hydrogen-bond donors (Lipinski definition) is 3. The number of hydrogen-bond acceptors (Lipinski definition) is 4. The van der Waals surface area contributed by atoms with E-state index >= 15 is 0 Å². The second kappa shape index (κ2) is 11.0.